The molecule has 0 aliphatic heterocycles. The maximum absolute atomic E-state index is 11.6. The summed E-state index contributed by atoms with van der Waals surface area (Å²) in [5.74, 6) is 1.17. The zero-order valence-electron chi connectivity index (χ0n) is 12.1. The van der Waals surface area contributed by atoms with Crippen LogP contribution in [0.15, 0.2) is 18.2 Å². The van der Waals surface area contributed by atoms with E-state index in [0.29, 0.717) is 5.75 Å². The maximum Gasteiger partial charge on any atom is 0.513 e. The van der Waals surface area contributed by atoms with Crippen molar-refractivity contribution in [3.63, 3.8) is 0 Å². The fraction of sp³-hybridized carbons (Fsp3) is 0.533. The van der Waals surface area contributed by atoms with Crippen molar-refractivity contribution < 1.29 is 14.3 Å². The summed E-state index contributed by atoms with van der Waals surface area (Å²) in [6.07, 6.45) is -0.694. The smallest absolute Gasteiger partial charge is 0.433 e. The highest BCUT2D eigenvalue weighted by Gasteiger charge is 2.18. The van der Waals surface area contributed by atoms with Crippen LogP contribution in [0.1, 0.15) is 50.7 Å². The van der Waals surface area contributed by atoms with Crippen LogP contribution in [0.4, 0.5) is 4.79 Å². The highest BCUT2D eigenvalue weighted by atomic mass is 16.7. The number of hydrogen-bond donors (Lipinski definition) is 1. The van der Waals surface area contributed by atoms with Gasteiger partial charge in [0.2, 0.25) is 0 Å². The third-order valence-corrected chi connectivity index (χ3v) is 2.84. The molecule has 0 amide bonds. The number of carbonyl (C=O) groups is 1. The van der Waals surface area contributed by atoms with Crippen LogP contribution in [-0.2, 0) is 4.74 Å². The lowest BCUT2D eigenvalue weighted by Crippen LogP contribution is -2.18. The molecule has 4 heteroatoms. The normalized spacial score (nSPS) is 10.9. The van der Waals surface area contributed by atoms with Crippen molar-refractivity contribution in [2.24, 2.45) is 5.73 Å². The van der Waals surface area contributed by atoms with Crippen molar-refractivity contribution in [3.05, 3.63) is 29.3 Å². The summed E-state index contributed by atoms with van der Waals surface area (Å²) in [4.78, 5) is 11.6. The molecule has 2 N–H and O–H groups in total. The van der Waals surface area contributed by atoms with Crippen molar-refractivity contribution in [1.82, 2.24) is 0 Å². The highest BCUT2D eigenvalue weighted by molar-refractivity contribution is 5.66. The third kappa shape index (κ3) is 4.24. The van der Waals surface area contributed by atoms with Gasteiger partial charge in [0.1, 0.15) is 12.4 Å². The third-order valence-electron chi connectivity index (χ3n) is 2.84. The zero-order valence-corrected chi connectivity index (χ0v) is 12.1. The van der Waals surface area contributed by atoms with Crippen molar-refractivity contribution >= 4 is 6.16 Å². The van der Waals surface area contributed by atoms with Gasteiger partial charge >= 0.3 is 6.16 Å². The van der Waals surface area contributed by atoms with Crippen LogP contribution in [0.5, 0.6) is 5.75 Å². The summed E-state index contributed by atoms with van der Waals surface area (Å²) in [5, 5.41) is 0. The van der Waals surface area contributed by atoms with E-state index >= 15 is 0 Å². The topological polar surface area (TPSA) is 61.5 Å². The molecule has 0 spiro atoms. The molecular formula is C15H23NO3. The molecule has 4 nitrogen and oxygen atoms in total. The Morgan fingerprint density at radius 3 is 2.11 bits per heavy atom. The summed E-state index contributed by atoms with van der Waals surface area (Å²) in [5.41, 5.74) is 7.31. The predicted molar refractivity (Wildman–Crippen MR) is 75.7 cm³/mol. The number of benzene rings is 1. The van der Waals surface area contributed by atoms with Gasteiger partial charge in [0, 0.05) is 6.54 Å². The zero-order chi connectivity index (χ0) is 14.4. The van der Waals surface area contributed by atoms with Crippen LogP contribution in [0, 0.1) is 0 Å². The van der Waals surface area contributed by atoms with Gasteiger partial charge in [0.05, 0.1) is 0 Å². The first-order valence-corrected chi connectivity index (χ1v) is 6.64. The molecule has 0 fully saturated rings. The molecule has 0 unspecified atom stereocenters. The van der Waals surface area contributed by atoms with Crippen LogP contribution in [0.3, 0.4) is 0 Å². The monoisotopic (exact) mass is 265 g/mol. The number of para-hydroxylation sites is 1. The lowest BCUT2D eigenvalue weighted by atomic mass is 9.94. The maximum atomic E-state index is 11.6. The minimum absolute atomic E-state index is 0.166. The molecule has 106 valence electrons. The van der Waals surface area contributed by atoms with Gasteiger partial charge < -0.3 is 15.2 Å². The predicted octanol–water partition coefficient (Wildman–Crippen LogP) is 3.41. The SMILES string of the molecule is CC(C)c1cccc(C(C)C)c1OC(=O)OCCN. The molecule has 1 aromatic rings. The van der Waals surface area contributed by atoms with E-state index in [1.165, 1.54) is 0 Å². The van der Waals surface area contributed by atoms with E-state index < -0.39 is 6.16 Å². The molecule has 19 heavy (non-hydrogen) atoms. The van der Waals surface area contributed by atoms with Crippen molar-refractivity contribution in [2.75, 3.05) is 13.2 Å². The van der Waals surface area contributed by atoms with Gasteiger partial charge in [-0.25, -0.2) is 4.79 Å². The molecule has 1 rings (SSSR count). The van der Waals surface area contributed by atoms with Gasteiger partial charge in [-0.15, -0.1) is 0 Å². The van der Waals surface area contributed by atoms with Crippen molar-refractivity contribution in [2.45, 2.75) is 39.5 Å². The largest absolute Gasteiger partial charge is 0.513 e. The van der Waals surface area contributed by atoms with Gasteiger partial charge in [0.15, 0.2) is 0 Å². The lowest BCUT2D eigenvalue weighted by Gasteiger charge is -2.18. The van der Waals surface area contributed by atoms with Gasteiger partial charge in [0.25, 0.3) is 0 Å². The Hall–Kier alpha value is -1.55. The minimum Gasteiger partial charge on any atom is -0.433 e. The Morgan fingerprint density at radius 2 is 1.68 bits per heavy atom. The summed E-state index contributed by atoms with van der Waals surface area (Å²) in [7, 11) is 0. The number of carbonyl (C=O) groups excluding carboxylic acids is 1. The van der Waals surface area contributed by atoms with Gasteiger partial charge in [-0.05, 0) is 23.0 Å². The van der Waals surface area contributed by atoms with E-state index in [-0.39, 0.29) is 25.0 Å². The highest BCUT2D eigenvalue weighted by Crippen LogP contribution is 2.34. The molecule has 0 aromatic heterocycles. The molecule has 0 saturated heterocycles. The summed E-state index contributed by atoms with van der Waals surface area (Å²) in [6.45, 7) is 8.72. The van der Waals surface area contributed by atoms with E-state index in [1.807, 2.05) is 18.2 Å². The quantitative estimate of drug-likeness (QED) is 0.654. The first-order chi connectivity index (χ1) is 8.97. The second-order valence-electron chi connectivity index (χ2n) is 5.06. The number of hydrogen-bond acceptors (Lipinski definition) is 4. The number of rotatable bonds is 5. The van der Waals surface area contributed by atoms with Gasteiger partial charge in [-0.1, -0.05) is 45.9 Å². The second kappa shape index (κ2) is 7.14. The molecule has 0 aliphatic carbocycles. The lowest BCUT2D eigenvalue weighted by molar-refractivity contribution is 0.101. The van der Waals surface area contributed by atoms with Crippen LogP contribution in [0.2, 0.25) is 0 Å². The van der Waals surface area contributed by atoms with Gasteiger partial charge in [-0.3, -0.25) is 0 Å². The average Bonchev–Trinajstić information content (AvgIpc) is 2.35. The van der Waals surface area contributed by atoms with Crippen LogP contribution in [0.25, 0.3) is 0 Å². The van der Waals surface area contributed by atoms with E-state index in [4.69, 9.17) is 15.2 Å². The van der Waals surface area contributed by atoms with E-state index in [1.54, 1.807) is 0 Å². The summed E-state index contributed by atoms with van der Waals surface area (Å²) >= 11 is 0. The standard InChI is InChI=1S/C15H23NO3/c1-10(2)12-6-5-7-13(11(3)4)14(12)19-15(17)18-9-8-16/h5-7,10-11H,8-9,16H2,1-4H3. The van der Waals surface area contributed by atoms with Crippen LogP contribution >= 0.6 is 0 Å². The molecule has 0 aliphatic rings. The molecule has 0 heterocycles. The summed E-state index contributed by atoms with van der Waals surface area (Å²) in [6, 6.07) is 5.94. The van der Waals surface area contributed by atoms with E-state index in [2.05, 4.69) is 27.7 Å². The minimum atomic E-state index is -0.694. The molecule has 0 bridgehead atoms. The number of ether oxygens (including phenoxy) is 2. The van der Waals surface area contributed by atoms with Crippen LogP contribution < -0.4 is 10.5 Å². The molecule has 0 radical (unpaired) electrons. The Balaban J connectivity index is 3.04. The van der Waals surface area contributed by atoms with Crippen LogP contribution in [-0.4, -0.2) is 19.3 Å². The fourth-order valence-corrected chi connectivity index (χ4v) is 1.86. The number of nitrogens with two attached hydrogens (primary N) is 1. The Morgan fingerprint density at radius 1 is 1.16 bits per heavy atom. The molecule has 1 aromatic carbocycles. The Labute approximate surface area is 114 Å². The molecule has 0 saturated carbocycles. The van der Waals surface area contributed by atoms with E-state index in [0.717, 1.165) is 11.1 Å². The summed E-state index contributed by atoms with van der Waals surface area (Å²) < 4.78 is 10.3. The Bertz CT molecular complexity index is 401. The van der Waals surface area contributed by atoms with Crippen molar-refractivity contribution in [3.8, 4) is 5.75 Å². The van der Waals surface area contributed by atoms with Gasteiger partial charge in [-0.2, -0.15) is 0 Å². The Kier molecular flexibility index (Phi) is 5.83. The molecule has 0 atom stereocenters. The first-order valence-electron chi connectivity index (χ1n) is 6.64. The fourth-order valence-electron chi connectivity index (χ4n) is 1.86. The first kappa shape index (κ1) is 15.5. The second-order valence-corrected chi connectivity index (χ2v) is 5.06. The van der Waals surface area contributed by atoms with Crippen molar-refractivity contribution in [1.29, 1.82) is 0 Å². The average molecular weight is 265 g/mol. The molecular weight excluding hydrogens is 242 g/mol. The van der Waals surface area contributed by atoms with E-state index in [9.17, 15) is 4.79 Å².